The van der Waals surface area contributed by atoms with Gasteiger partial charge < -0.3 is 15.5 Å². The highest BCUT2D eigenvalue weighted by Crippen LogP contribution is 2.43. The van der Waals surface area contributed by atoms with Gasteiger partial charge in [0.25, 0.3) is 5.91 Å². The number of thiol groups is 1. The van der Waals surface area contributed by atoms with Crippen molar-refractivity contribution in [2.24, 2.45) is 0 Å². The minimum absolute atomic E-state index is 0.0146. The van der Waals surface area contributed by atoms with Crippen LogP contribution in [-0.4, -0.2) is 88.8 Å². The van der Waals surface area contributed by atoms with Crippen molar-refractivity contribution in [3.05, 3.63) is 82.9 Å². The standard InChI is InChI=1S/C43H51F3N8O4S/c1-6-28-19-34(54-41(59)53(40(58)42(54,4)5)33-14-13-30(22-47)35(21-33)43(44,45)46)15-12-29(28)9-8-18-51-23-27(3)52(24-26(51)2)25-38(56)49-32-11-7-10-31(20-32)48-36-16-17-37(55)50-39(36)57/h7,10-15,19-21,26-27,36,41,48,59H,6,8-9,16-18,23-25H2,1-5H3,(H,49,56)(H,50,55,57)/t26-,27-,36?,41+/m1/s1. The Hall–Kier alpha value is -5.11. The second-order valence-corrected chi connectivity index (χ2v) is 16.6. The quantitative estimate of drug-likeness (QED) is 0.125. The molecule has 6 rings (SSSR count). The molecule has 3 heterocycles. The fourth-order valence-electron chi connectivity index (χ4n) is 8.34. The lowest BCUT2D eigenvalue weighted by atomic mass is 9.97. The van der Waals surface area contributed by atoms with Crippen LogP contribution >= 0.6 is 12.6 Å². The van der Waals surface area contributed by atoms with Gasteiger partial charge in [0, 0.05) is 54.3 Å². The van der Waals surface area contributed by atoms with E-state index in [2.05, 4.69) is 52.6 Å². The predicted molar refractivity (Wildman–Crippen MR) is 224 cm³/mol. The molecule has 1 unspecified atom stereocenters. The lowest BCUT2D eigenvalue weighted by molar-refractivity contribution is -0.138. The number of nitrogens with zero attached hydrogens (tertiary/aromatic N) is 5. The van der Waals surface area contributed by atoms with Crippen LogP contribution in [0.25, 0.3) is 0 Å². The number of alkyl halides is 3. The molecule has 12 nitrogen and oxygen atoms in total. The van der Waals surface area contributed by atoms with Gasteiger partial charge in [-0.1, -0.05) is 19.1 Å². The number of imide groups is 1. The highest BCUT2D eigenvalue weighted by atomic mass is 32.1. The Morgan fingerprint density at radius 1 is 0.966 bits per heavy atom. The van der Waals surface area contributed by atoms with Crippen molar-refractivity contribution >= 4 is 59.0 Å². The number of anilines is 4. The van der Waals surface area contributed by atoms with E-state index in [4.69, 9.17) is 12.6 Å². The maximum atomic E-state index is 13.8. The first-order chi connectivity index (χ1) is 27.9. The molecule has 4 amide bonds. The summed E-state index contributed by atoms with van der Waals surface area (Å²) in [7, 11) is 0. The molecular weight excluding hydrogens is 782 g/mol. The third kappa shape index (κ3) is 9.53. The summed E-state index contributed by atoms with van der Waals surface area (Å²) in [5, 5.41) is 17.7. The number of hydrogen-bond acceptors (Lipinski definition) is 10. The van der Waals surface area contributed by atoms with Crippen molar-refractivity contribution in [1.82, 2.24) is 15.1 Å². The van der Waals surface area contributed by atoms with Crippen molar-refractivity contribution in [1.29, 1.82) is 5.26 Å². The number of halogens is 3. The summed E-state index contributed by atoms with van der Waals surface area (Å²) in [5.74, 6) is -1.18. The van der Waals surface area contributed by atoms with Crippen LogP contribution in [0.5, 0.6) is 0 Å². The Morgan fingerprint density at radius 3 is 2.36 bits per heavy atom. The zero-order valence-electron chi connectivity index (χ0n) is 33.9. The van der Waals surface area contributed by atoms with Crippen LogP contribution < -0.4 is 25.8 Å². The van der Waals surface area contributed by atoms with Crippen molar-refractivity contribution in [2.45, 2.75) is 102 Å². The van der Waals surface area contributed by atoms with Gasteiger partial charge in [0.1, 0.15) is 11.6 Å². The van der Waals surface area contributed by atoms with Crippen LogP contribution in [-0.2, 0) is 38.2 Å². The second-order valence-electron chi connectivity index (χ2n) is 16.1. The molecule has 3 aromatic carbocycles. The predicted octanol–water partition coefficient (Wildman–Crippen LogP) is 6.17. The molecule has 314 valence electrons. The number of rotatable bonds is 12. The number of piperidine rings is 1. The largest absolute Gasteiger partial charge is 0.417 e. The molecule has 0 bridgehead atoms. The van der Waals surface area contributed by atoms with Gasteiger partial charge in [-0.3, -0.25) is 39.2 Å². The maximum Gasteiger partial charge on any atom is 0.417 e. The Labute approximate surface area is 348 Å². The van der Waals surface area contributed by atoms with Gasteiger partial charge >= 0.3 is 6.18 Å². The fraction of sp³-hybridized carbons (Fsp3) is 0.465. The zero-order chi connectivity index (χ0) is 42.8. The molecule has 59 heavy (non-hydrogen) atoms. The van der Waals surface area contributed by atoms with Crippen LogP contribution in [0.1, 0.15) is 76.1 Å². The zero-order valence-corrected chi connectivity index (χ0v) is 34.8. The van der Waals surface area contributed by atoms with Gasteiger partial charge in [0.05, 0.1) is 23.7 Å². The molecule has 3 aliphatic heterocycles. The SMILES string of the molecule is CCc1cc(N2[C@@H](S)N(c3ccc(C#N)c(C(F)(F)F)c3)C(=O)C2(C)C)ccc1CCCN1C[C@@H](C)N(CC(=O)Nc2cccc(NC3CCC(=O)NC3=O)c2)C[C@H]1C. The van der Waals surface area contributed by atoms with E-state index in [0.29, 0.717) is 17.8 Å². The number of carbonyl (C=O) groups is 4. The summed E-state index contributed by atoms with van der Waals surface area (Å²) in [4.78, 5) is 58.3. The molecule has 16 heteroatoms. The molecular formula is C43H51F3N8O4S. The monoisotopic (exact) mass is 832 g/mol. The first-order valence-electron chi connectivity index (χ1n) is 19.9. The van der Waals surface area contributed by atoms with Gasteiger partial charge in [0.2, 0.25) is 17.7 Å². The molecule has 0 aliphatic carbocycles. The van der Waals surface area contributed by atoms with Crippen molar-refractivity contribution in [2.75, 3.05) is 46.6 Å². The molecule has 4 atom stereocenters. The first-order valence-corrected chi connectivity index (χ1v) is 20.4. The lowest BCUT2D eigenvalue weighted by Gasteiger charge is -2.44. The number of carbonyl (C=O) groups excluding carboxylic acids is 4. The van der Waals surface area contributed by atoms with E-state index in [1.54, 1.807) is 38.1 Å². The van der Waals surface area contributed by atoms with E-state index in [9.17, 15) is 37.6 Å². The van der Waals surface area contributed by atoms with E-state index in [1.807, 2.05) is 23.1 Å². The van der Waals surface area contributed by atoms with Gasteiger partial charge in [0.15, 0.2) is 5.50 Å². The van der Waals surface area contributed by atoms with Crippen molar-refractivity contribution in [3.63, 3.8) is 0 Å². The van der Waals surface area contributed by atoms with Crippen LogP contribution in [0.15, 0.2) is 60.7 Å². The van der Waals surface area contributed by atoms with Gasteiger partial charge in [-0.2, -0.15) is 18.4 Å². The number of amides is 4. The van der Waals surface area contributed by atoms with Crippen molar-refractivity contribution in [3.8, 4) is 6.07 Å². The van der Waals surface area contributed by atoms with E-state index >= 15 is 0 Å². The summed E-state index contributed by atoms with van der Waals surface area (Å²) < 4.78 is 41.4. The van der Waals surface area contributed by atoms with Crippen LogP contribution in [0, 0.1) is 11.3 Å². The van der Waals surface area contributed by atoms with E-state index in [1.165, 1.54) is 16.5 Å². The number of nitriles is 1. The van der Waals surface area contributed by atoms with Crippen molar-refractivity contribution < 1.29 is 32.3 Å². The molecule has 3 saturated heterocycles. The van der Waals surface area contributed by atoms with E-state index in [-0.39, 0.29) is 48.5 Å². The molecule has 0 aromatic heterocycles. The number of piperazine rings is 1. The molecule has 3 aromatic rings. The highest BCUT2D eigenvalue weighted by Gasteiger charge is 2.52. The molecule has 3 fully saturated rings. The summed E-state index contributed by atoms with van der Waals surface area (Å²) in [6.07, 6.45) is -1.62. The highest BCUT2D eigenvalue weighted by molar-refractivity contribution is 7.81. The second kappa shape index (κ2) is 17.6. The van der Waals surface area contributed by atoms with Gasteiger partial charge in [-0.05, 0) is 120 Å². The Morgan fingerprint density at radius 2 is 1.66 bits per heavy atom. The third-order valence-corrected chi connectivity index (χ3v) is 12.0. The summed E-state index contributed by atoms with van der Waals surface area (Å²) in [6, 6.07) is 17.9. The average Bonchev–Trinajstić information content (AvgIpc) is 3.35. The fourth-order valence-corrected chi connectivity index (χ4v) is 9.00. The smallest absolute Gasteiger partial charge is 0.374 e. The van der Waals surface area contributed by atoms with E-state index in [0.717, 1.165) is 62.3 Å². The third-order valence-electron chi connectivity index (χ3n) is 11.6. The summed E-state index contributed by atoms with van der Waals surface area (Å²) in [6.45, 7) is 12.5. The van der Waals surface area contributed by atoms with Crippen LogP contribution in [0.3, 0.4) is 0 Å². The summed E-state index contributed by atoms with van der Waals surface area (Å²) >= 11 is 4.76. The molecule has 0 saturated carbocycles. The lowest BCUT2D eigenvalue weighted by Crippen LogP contribution is -2.57. The number of benzene rings is 3. The Bertz CT molecular complexity index is 2140. The van der Waals surface area contributed by atoms with Crippen LogP contribution in [0.2, 0.25) is 0 Å². The maximum absolute atomic E-state index is 13.8. The molecule has 3 N–H and O–H groups in total. The van der Waals surface area contributed by atoms with E-state index < -0.39 is 40.3 Å². The first kappa shape index (κ1) is 43.5. The number of aryl methyl sites for hydroxylation is 2. The molecule has 3 aliphatic rings. The Kier molecular flexibility index (Phi) is 13.0. The Balaban J connectivity index is 1.03. The molecule has 0 radical (unpaired) electrons. The van der Waals surface area contributed by atoms with Crippen LogP contribution in [0.4, 0.5) is 35.9 Å². The number of nitrogens with one attached hydrogen (secondary N) is 3. The molecule has 0 spiro atoms. The number of hydrogen-bond donors (Lipinski definition) is 4. The average molecular weight is 833 g/mol. The summed E-state index contributed by atoms with van der Waals surface area (Å²) in [5.41, 5.74) is 0.693. The normalized spacial score (nSPS) is 22.6. The van der Waals surface area contributed by atoms with Gasteiger partial charge in [-0.25, -0.2) is 0 Å². The topological polar surface area (TPSA) is 141 Å². The van der Waals surface area contributed by atoms with Gasteiger partial charge in [-0.15, -0.1) is 12.6 Å². The minimum Gasteiger partial charge on any atom is -0.374 e. The minimum atomic E-state index is -4.77.